The fourth-order valence-corrected chi connectivity index (χ4v) is 2.22. The van der Waals surface area contributed by atoms with Crippen molar-refractivity contribution in [1.82, 2.24) is 0 Å². The van der Waals surface area contributed by atoms with E-state index in [0.717, 1.165) is 13.0 Å². The van der Waals surface area contributed by atoms with Gasteiger partial charge < -0.3 is 10.2 Å². The first-order chi connectivity index (χ1) is 12.2. The van der Waals surface area contributed by atoms with Crippen molar-refractivity contribution in [3.8, 4) is 0 Å². The molecule has 2 rings (SSSR count). The maximum atomic E-state index is 13.9. The van der Waals surface area contributed by atoms with Crippen molar-refractivity contribution in [3.05, 3.63) is 59.4 Å². The zero-order valence-corrected chi connectivity index (χ0v) is 14.0. The largest absolute Gasteiger partial charge is 0.325 e. The van der Waals surface area contributed by atoms with Crippen LogP contribution in [0.25, 0.3) is 0 Å². The number of hydrogen-bond acceptors (Lipinski definition) is 3. The summed E-state index contributed by atoms with van der Waals surface area (Å²) in [7, 11) is 0. The van der Waals surface area contributed by atoms with Gasteiger partial charge in [-0.3, -0.25) is 14.4 Å². The van der Waals surface area contributed by atoms with E-state index in [1.165, 1.54) is 31.2 Å². The highest BCUT2D eigenvalue weighted by Gasteiger charge is 2.23. The summed E-state index contributed by atoms with van der Waals surface area (Å²) >= 11 is 0. The van der Waals surface area contributed by atoms with Crippen molar-refractivity contribution in [1.29, 1.82) is 0 Å². The molecule has 2 amide bonds. The Hall–Kier alpha value is -3.16. The molecule has 1 N–H and O–H groups in total. The number of carbonyl (C=O) groups is 3. The second-order valence-electron chi connectivity index (χ2n) is 5.48. The molecule has 0 heterocycles. The fraction of sp³-hybridized carbons (Fsp3) is 0.167. The Balaban J connectivity index is 2.17. The number of anilines is 2. The third kappa shape index (κ3) is 4.27. The zero-order chi connectivity index (χ0) is 19.4. The summed E-state index contributed by atoms with van der Waals surface area (Å²) in [5.74, 6) is -6.23. The lowest BCUT2D eigenvalue weighted by molar-refractivity contribution is -0.120. The summed E-state index contributed by atoms with van der Waals surface area (Å²) in [6.07, 6.45) is 0. The molecule has 0 spiro atoms. The average Bonchev–Trinajstić information content (AvgIpc) is 2.58. The highest BCUT2D eigenvalue weighted by molar-refractivity contribution is 6.02. The normalized spacial score (nSPS) is 10.3. The predicted molar refractivity (Wildman–Crippen MR) is 89.4 cm³/mol. The van der Waals surface area contributed by atoms with Gasteiger partial charge in [-0.2, -0.15) is 0 Å². The molecule has 0 atom stereocenters. The monoisotopic (exact) mass is 364 g/mol. The summed E-state index contributed by atoms with van der Waals surface area (Å²) in [6, 6.07) is 7.55. The van der Waals surface area contributed by atoms with Gasteiger partial charge in [-0.1, -0.05) is 0 Å². The Labute approximate surface area is 147 Å². The highest BCUT2D eigenvalue weighted by Crippen LogP contribution is 2.24. The minimum absolute atomic E-state index is 0.139. The minimum Gasteiger partial charge on any atom is -0.325 e. The average molecular weight is 364 g/mol. The molecule has 8 heteroatoms. The highest BCUT2D eigenvalue weighted by atomic mass is 19.2. The van der Waals surface area contributed by atoms with Gasteiger partial charge in [0.1, 0.15) is 6.54 Å². The van der Waals surface area contributed by atoms with Crippen LogP contribution in [0.3, 0.4) is 0 Å². The first-order valence-electron chi connectivity index (χ1n) is 7.53. The molecule has 5 nitrogen and oxygen atoms in total. The van der Waals surface area contributed by atoms with Crippen LogP contribution in [0.5, 0.6) is 0 Å². The van der Waals surface area contributed by atoms with E-state index >= 15 is 0 Å². The standard InChI is InChI=1S/C18H15F3N2O3/c1-10(24)12-3-5-13(6-4-12)22-16(26)9-23(11(2)25)15-8-7-14(19)17(20)18(15)21/h3-8H,9H2,1-2H3,(H,22,26). The number of benzene rings is 2. The SMILES string of the molecule is CC(=O)c1ccc(NC(=O)CN(C(C)=O)c2ccc(F)c(F)c2F)cc1. The third-order valence-electron chi connectivity index (χ3n) is 3.56. The molecule has 0 aliphatic rings. The van der Waals surface area contributed by atoms with E-state index in [9.17, 15) is 27.6 Å². The summed E-state index contributed by atoms with van der Waals surface area (Å²) in [4.78, 5) is 35.8. The van der Waals surface area contributed by atoms with Crippen LogP contribution in [0.4, 0.5) is 24.5 Å². The van der Waals surface area contributed by atoms with Crippen LogP contribution in [0.15, 0.2) is 36.4 Å². The number of hydrogen-bond donors (Lipinski definition) is 1. The Kier molecular flexibility index (Phi) is 5.76. The van der Waals surface area contributed by atoms with E-state index in [4.69, 9.17) is 0 Å². The van der Waals surface area contributed by atoms with Gasteiger partial charge in [0.15, 0.2) is 23.2 Å². The number of carbonyl (C=O) groups excluding carboxylic acids is 3. The molecule has 0 saturated heterocycles. The Morgan fingerprint density at radius 3 is 2.08 bits per heavy atom. The van der Waals surface area contributed by atoms with Crippen molar-refractivity contribution >= 4 is 29.0 Å². The second kappa shape index (κ2) is 7.81. The summed E-state index contributed by atoms with van der Waals surface area (Å²) in [6.45, 7) is 1.86. The quantitative estimate of drug-likeness (QED) is 0.654. The van der Waals surface area contributed by atoms with Crippen LogP contribution in [0, 0.1) is 17.5 Å². The molecule has 2 aromatic rings. The molecule has 0 aliphatic heterocycles. The molecule has 0 radical (unpaired) electrons. The second-order valence-corrected chi connectivity index (χ2v) is 5.48. The minimum atomic E-state index is -1.73. The predicted octanol–water partition coefficient (Wildman–Crippen LogP) is 3.30. The molecular weight excluding hydrogens is 349 g/mol. The number of amides is 2. The number of rotatable bonds is 5. The van der Waals surface area contributed by atoms with Gasteiger partial charge in [-0.05, 0) is 43.3 Å². The fourth-order valence-electron chi connectivity index (χ4n) is 2.22. The van der Waals surface area contributed by atoms with Crippen LogP contribution in [-0.4, -0.2) is 24.1 Å². The van der Waals surface area contributed by atoms with Crippen LogP contribution in [-0.2, 0) is 9.59 Å². The lowest BCUT2D eigenvalue weighted by Gasteiger charge is -2.21. The molecule has 0 aromatic heterocycles. The summed E-state index contributed by atoms with van der Waals surface area (Å²) in [5, 5.41) is 2.47. The van der Waals surface area contributed by atoms with Crippen LogP contribution in [0.2, 0.25) is 0 Å². The summed E-state index contributed by atoms with van der Waals surface area (Å²) in [5.41, 5.74) is 0.268. The molecule has 0 fully saturated rings. The lowest BCUT2D eigenvalue weighted by atomic mass is 10.1. The van der Waals surface area contributed by atoms with E-state index in [2.05, 4.69) is 5.32 Å². The van der Waals surface area contributed by atoms with Crippen molar-refractivity contribution in [2.75, 3.05) is 16.8 Å². The van der Waals surface area contributed by atoms with Crippen molar-refractivity contribution in [3.63, 3.8) is 0 Å². The molecule has 0 unspecified atom stereocenters. The Morgan fingerprint density at radius 1 is 0.923 bits per heavy atom. The van der Waals surface area contributed by atoms with Gasteiger partial charge in [0, 0.05) is 18.2 Å². The molecule has 26 heavy (non-hydrogen) atoms. The molecule has 136 valence electrons. The molecule has 2 aromatic carbocycles. The number of nitrogens with zero attached hydrogens (tertiary/aromatic N) is 1. The number of nitrogens with one attached hydrogen (secondary N) is 1. The molecule has 0 saturated carbocycles. The zero-order valence-electron chi connectivity index (χ0n) is 14.0. The van der Waals surface area contributed by atoms with Crippen molar-refractivity contribution in [2.24, 2.45) is 0 Å². The third-order valence-corrected chi connectivity index (χ3v) is 3.56. The van der Waals surface area contributed by atoms with E-state index in [0.29, 0.717) is 22.2 Å². The Morgan fingerprint density at radius 2 is 1.54 bits per heavy atom. The van der Waals surface area contributed by atoms with E-state index < -0.39 is 41.5 Å². The van der Waals surface area contributed by atoms with E-state index in [-0.39, 0.29) is 5.78 Å². The van der Waals surface area contributed by atoms with E-state index in [1.807, 2.05) is 0 Å². The van der Waals surface area contributed by atoms with Crippen molar-refractivity contribution in [2.45, 2.75) is 13.8 Å². The number of ketones is 1. The van der Waals surface area contributed by atoms with Gasteiger partial charge in [0.25, 0.3) is 0 Å². The Bertz CT molecular complexity index is 867. The smallest absolute Gasteiger partial charge is 0.244 e. The summed E-state index contributed by atoms with van der Waals surface area (Å²) < 4.78 is 40.3. The maximum Gasteiger partial charge on any atom is 0.244 e. The van der Waals surface area contributed by atoms with Gasteiger partial charge in [0.2, 0.25) is 11.8 Å². The van der Waals surface area contributed by atoms with Gasteiger partial charge in [-0.25, -0.2) is 13.2 Å². The van der Waals surface area contributed by atoms with Crippen LogP contribution < -0.4 is 10.2 Å². The van der Waals surface area contributed by atoms with Gasteiger partial charge >= 0.3 is 0 Å². The van der Waals surface area contributed by atoms with Crippen LogP contribution in [0.1, 0.15) is 24.2 Å². The van der Waals surface area contributed by atoms with Crippen LogP contribution >= 0.6 is 0 Å². The van der Waals surface area contributed by atoms with E-state index in [1.54, 1.807) is 0 Å². The molecule has 0 aliphatic carbocycles. The molecule has 0 bridgehead atoms. The number of Topliss-reactive ketones (excluding diaryl/α,β-unsaturated/α-hetero) is 1. The number of halogens is 3. The topological polar surface area (TPSA) is 66.5 Å². The molecular formula is C18H15F3N2O3. The first-order valence-corrected chi connectivity index (χ1v) is 7.53. The lowest BCUT2D eigenvalue weighted by Crippen LogP contribution is -2.37. The first kappa shape index (κ1) is 19.2. The van der Waals surface area contributed by atoms with Gasteiger partial charge in [-0.15, -0.1) is 0 Å². The van der Waals surface area contributed by atoms with Gasteiger partial charge in [0.05, 0.1) is 5.69 Å². The van der Waals surface area contributed by atoms with Crippen molar-refractivity contribution < 1.29 is 27.6 Å². The maximum absolute atomic E-state index is 13.9.